The number of aryl methyl sites for hydroxylation is 2. The monoisotopic (exact) mass is 642 g/mol. The lowest BCUT2D eigenvalue weighted by molar-refractivity contribution is -0.154. The lowest BCUT2D eigenvalue weighted by Gasteiger charge is -2.30. The van der Waals surface area contributed by atoms with Crippen molar-refractivity contribution in [2.75, 3.05) is 6.54 Å². The van der Waals surface area contributed by atoms with E-state index in [1.54, 1.807) is 12.1 Å². The zero-order chi connectivity index (χ0) is 25.6. The van der Waals surface area contributed by atoms with Crippen LogP contribution in [0.25, 0.3) is 0 Å². The van der Waals surface area contributed by atoms with E-state index in [1.165, 1.54) is 18.2 Å². The molecule has 10 heteroatoms. The summed E-state index contributed by atoms with van der Waals surface area (Å²) in [5.74, 6) is -3.18. The molecule has 6 nitrogen and oxygen atoms in total. The average Bonchev–Trinajstić information content (AvgIpc) is 3.04. The Hall–Kier alpha value is -1.74. The van der Waals surface area contributed by atoms with Gasteiger partial charge in [0.2, 0.25) is 0 Å². The molecule has 1 saturated heterocycles. The number of hydrogen-bond acceptors (Lipinski definition) is 4. The number of benzene rings is 2. The first-order valence-electron chi connectivity index (χ1n) is 11.0. The number of ketones is 1. The van der Waals surface area contributed by atoms with Crippen molar-refractivity contribution in [2.45, 2.75) is 36.3 Å². The molecule has 2 aliphatic rings. The molecule has 1 heterocycles. The topological polar surface area (TPSA) is 74.8 Å². The van der Waals surface area contributed by atoms with Gasteiger partial charge in [0.15, 0.2) is 5.78 Å². The normalized spacial score (nSPS) is 23.9. The molecule has 0 aromatic heterocycles. The molecular weight excluding hydrogens is 623 g/mol. The summed E-state index contributed by atoms with van der Waals surface area (Å²) >= 11 is 19.3. The van der Waals surface area contributed by atoms with Gasteiger partial charge in [-0.1, -0.05) is 67.2 Å². The molecule has 1 saturated carbocycles. The van der Waals surface area contributed by atoms with Crippen LogP contribution in [-0.2, 0) is 9.59 Å². The second kappa shape index (κ2) is 10.3. The van der Waals surface area contributed by atoms with Crippen LogP contribution < -0.4 is 0 Å². The van der Waals surface area contributed by atoms with E-state index < -0.39 is 41.9 Å². The third-order valence-corrected chi connectivity index (χ3v) is 10.1. The molecule has 2 aromatic rings. The summed E-state index contributed by atoms with van der Waals surface area (Å²) in [6.07, 6.45) is 0.892. The first-order chi connectivity index (χ1) is 16.5. The molecule has 1 aliphatic carbocycles. The van der Waals surface area contributed by atoms with Gasteiger partial charge in [0.1, 0.15) is 6.54 Å². The van der Waals surface area contributed by atoms with Crippen molar-refractivity contribution in [1.82, 2.24) is 10.0 Å². The molecule has 1 aliphatic heterocycles. The van der Waals surface area contributed by atoms with E-state index in [1.807, 2.05) is 19.9 Å². The van der Waals surface area contributed by atoms with Crippen molar-refractivity contribution in [3.05, 3.63) is 68.7 Å². The van der Waals surface area contributed by atoms with Crippen LogP contribution >= 0.6 is 55.1 Å². The Bertz CT molecular complexity index is 1210. The molecule has 0 bridgehead atoms. The Balaban J connectivity index is 1.72. The summed E-state index contributed by atoms with van der Waals surface area (Å²) in [4.78, 5) is 53.8. The van der Waals surface area contributed by atoms with Crippen molar-refractivity contribution in [3.8, 4) is 0 Å². The number of rotatable bonds is 5. The van der Waals surface area contributed by atoms with Crippen LogP contribution in [0.1, 0.15) is 44.7 Å². The van der Waals surface area contributed by atoms with Crippen molar-refractivity contribution >= 4 is 78.6 Å². The molecule has 0 N–H and O–H groups in total. The number of fused-ring (bicyclic) bond motifs is 1. The third kappa shape index (κ3) is 5.08. The van der Waals surface area contributed by atoms with Crippen LogP contribution in [0.3, 0.4) is 0 Å². The SMILES string of the molecule is Cc1ccc(C(=O)CN(C(=O)c2ccc(Cl)c(Cl)c2)N2C(=O)[C@H]3C[C@@H](Br)[C@@H](Br)C[C@H]3C2=O)cc1C. The first kappa shape index (κ1) is 26.3. The highest BCUT2D eigenvalue weighted by molar-refractivity contribution is 9.12. The number of amides is 3. The van der Waals surface area contributed by atoms with Gasteiger partial charge in [-0.15, -0.1) is 0 Å². The zero-order valence-electron chi connectivity index (χ0n) is 18.9. The van der Waals surface area contributed by atoms with E-state index in [0.717, 1.165) is 21.1 Å². The maximum Gasteiger partial charge on any atom is 0.273 e. The lowest BCUT2D eigenvalue weighted by atomic mass is 9.81. The smallest absolute Gasteiger partial charge is 0.273 e. The van der Waals surface area contributed by atoms with Crippen LogP contribution in [-0.4, -0.2) is 49.7 Å². The molecule has 35 heavy (non-hydrogen) atoms. The van der Waals surface area contributed by atoms with Gasteiger partial charge < -0.3 is 0 Å². The number of nitrogens with zero attached hydrogens (tertiary/aromatic N) is 2. The summed E-state index contributed by atoms with van der Waals surface area (Å²) in [5, 5.41) is 2.22. The van der Waals surface area contributed by atoms with Gasteiger partial charge in [0, 0.05) is 20.8 Å². The lowest BCUT2D eigenvalue weighted by Crippen LogP contribution is -2.52. The molecule has 2 fully saturated rings. The van der Waals surface area contributed by atoms with Crippen LogP contribution in [0.4, 0.5) is 0 Å². The number of imide groups is 1. The molecule has 0 unspecified atom stereocenters. The molecule has 184 valence electrons. The summed E-state index contributed by atoms with van der Waals surface area (Å²) in [7, 11) is 0. The largest absolute Gasteiger partial charge is 0.292 e. The second-order valence-electron chi connectivity index (χ2n) is 8.92. The van der Waals surface area contributed by atoms with Crippen LogP contribution in [0, 0.1) is 25.7 Å². The predicted molar refractivity (Wildman–Crippen MR) is 141 cm³/mol. The van der Waals surface area contributed by atoms with E-state index in [9.17, 15) is 19.2 Å². The molecule has 2 aromatic carbocycles. The number of hydrazine groups is 1. The zero-order valence-corrected chi connectivity index (χ0v) is 23.6. The van der Waals surface area contributed by atoms with Gasteiger partial charge in [0.25, 0.3) is 17.7 Å². The minimum Gasteiger partial charge on any atom is -0.292 e. The van der Waals surface area contributed by atoms with Crippen molar-refractivity contribution in [1.29, 1.82) is 0 Å². The minimum atomic E-state index is -0.688. The number of alkyl halides is 2. The van der Waals surface area contributed by atoms with Crippen molar-refractivity contribution in [2.24, 2.45) is 11.8 Å². The number of hydrogen-bond donors (Lipinski definition) is 0. The van der Waals surface area contributed by atoms with Crippen molar-refractivity contribution in [3.63, 3.8) is 0 Å². The molecular formula is C25H22Br2Cl2N2O4. The van der Waals surface area contributed by atoms with E-state index in [-0.39, 0.29) is 25.3 Å². The summed E-state index contributed by atoms with van der Waals surface area (Å²) < 4.78 is 0. The van der Waals surface area contributed by atoms with Gasteiger partial charge in [-0.25, -0.2) is 5.01 Å². The minimum absolute atomic E-state index is 0.0110. The Morgan fingerprint density at radius 1 is 0.886 bits per heavy atom. The van der Waals surface area contributed by atoms with E-state index in [2.05, 4.69) is 31.9 Å². The fraction of sp³-hybridized carbons (Fsp3) is 0.360. The highest BCUT2D eigenvalue weighted by Crippen LogP contribution is 2.43. The molecule has 4 atom stereocenters. The predicted octanol–water partition coefficient (Wildman–Crippen LogP) is 5.77. The number of Topliss-reactive ketones (excluding diaryl/α,β-unsaturated/α-hetero) is 1. The third-order valence-electron chi connectivity index (χ3n) is 6.65. The summed E-state index contributed by atoms with van der Waals surface area (Å²) in [6, 6.07) is 9.49. The molecule has 0 spiro atoms. The quantitative estimate of drug-likeness (QED) is 0.235. The Kier molecular flexibility index (Phi) is 7.77. The maximum absolute atomic E-state index is 13.6. The van der Waals surface area contributed by atoms with Crippen LogP contribution in [0.2, 0.25) is 10.0 Å². The van der Waals surface area contributed by atoms with Gasteiger partial charge >= 0.3 is 0 Å². The second-order valence-corrected chi connectivity index (χ2v) is 12.1. The van der Waals surface area contributed by atoms with Crippen molar-refractivity contribution < 1.29 is 19.2 Å². The fourth-order valence-corrected chi connectivity index (χ4v) is 6.00. The summed E-state index contributed by atoms with van der Waals surface area (Å²) in [5.41, 5.74) is 2.44. The Morgan fingerprint density at radius 3 is 2.00 bits per heavy atom. The average molecular weight is 645 g/mol. The molecule has 4 rings (SSSR count). The first-order valence-corrected chi connectivity index (χ1v) is 13.6. The van der Waals surface area contributed by atoms with Crippen LogP contribution in [0.5, 0.6) is 0 Å². The number of carbonyl (C=O) groups is 4. The molecule has 3 amide bonds. The fourth-order valence-electron chi connectivity index (χ4n) is 4.47. The maximum atomic E-state index is 13.6. The standard InChI is InChI=1S/C25H22Br2Cl2N2O4/c1-12-3-4-14(7-13(12)2)22(32)11-30(23(33)15-5-6-20(28)21(29)8-15)31-24(34)16-9-18(26)19(27)10-17(16)25(31)35/h3-8,16-19H,9-11H2,1-2H3/t16-,17+,18+,19-. The van der Waals surface area contributed by atoms with E-state index >= 15 is 0 Å². The van der Waals surface area contributed by atoms with Crippen LogP contribution in [0.15, 0.2) is 36.4 Å². The number of halogens is 4. The van der Waals surface area contributed by atoms with E-state index in [4.69, 9.17) is 23.2 Å². The highest BCUT2D eigenvalue weighted by atomic mass is 79.9. The summed E-state index contributed by atoms with van der Waals surface area (Å²) in [6.45, 7) is 3.34. The number of carbonyl (C=O) groups excluding carboxylic acids is 4. The van der Waals surface area contributed by atoms with Gasteiger partial charge in [-0.05, 0) is 62.1 Å². The van der Waals surface area contributed by atoms with Gasteiger partial charge in [0.05, 0.1) is 21.9 Å². The molecule has 0 radical (unpaired) electrons. The van der Waals surface area contributed by atoms with Gasteiger partial charge in [-0.3, -0.25) is 19.2 Å². The Labute approximate surface area is 230 Å². The van der Waals surface area contributed by atoms with E-state index in [0.29, 0.717) is 18.4 Å². The highest BCUT2D eigenvalue weighted by Gasteiger charge is 2.54. The Morgan fingerprint density at radius 2 is 1.46 bits per heavy atom. The van der Waals surface area contributed by atoms with Gasteiger partial charge in [-0.2, -0.15) is 5.01 Å².